The Balaban J connectivity index is 1.33. The van der Waals surface area contributed by atoms with E-state index in [-0.39, 0.29) is 5.75 Å². The monoisotopic (exact) mass is 437 g/mol. The summed E-state index contributed by atoms with van der Waals surface area (Å²) in [6.07, 6.45) is 7.95. The second-order valence-electron chi connectivity index (χ2n) is 8.57. The van der Waals surface area contributed by atoms with Crippen molar-refractivity contribution < 1.29 is 13.9 Å². The number of aromatic nitrogens is 4. The third-order valence-electron chi connectivity index (χ3n) is 6.20. The van der Waals surface area contributed by atoms with Crippen LogP contribution in [-0.2, 0) is 0 Å². The van der Waals surface area contributed by atoms with Gasteiger partial charge in [-0.15, -0.1) is 0 Å². The number of nitrogens with one attached hydrogen (secondary N) is 2. The highest BCUT2D eigenvalue weighted by Crippen LogP contribution is 2.34. The van der Waals surface area contributed by atoms with E-state index in [1.54, 1.807) is 22.7 Å². The fraction of sp³-hybridized carbons (Fsp3) is 0.417. The number of halogens is 1. The van der Waals surface area contributed by atoms with Crippen molar-refractivity contribution in [3.8, 4) is 17.4 Å². The number of ether oxygens (including phenoxy) is 2. The molecule has 1 fully saturated rings. The Labute approximate surface area is 185 Å². The predicted molar refractivity (Wildman–Crippen MR) is 121 cm³/mol. The standard InChI is InChI=1S/C24H28FN5O2/c1-15-11-18-19(29-15)7-8-20(22(18)25)32-24-23-16(2)21(13-30(23)28-14-27-24)31-10-4-6-17-5-3-9-26-12-17/h7-8,11,13-14,17,26,29H,3-6,9-10,12H2,1-2H3. The fourth-order valence-corrected chi connectivity index (χ4v) is 4.52. The molecule has 32 heavy (non-hydrogen) atoms. The van der Waals surface area contributed by atoms with Crippen LogP contribution in [0.25, 0.3) is 16.4 Å². The summed E-state index contributed by atoms with van der Waals surface area (Å²) in [5, 5.41) is 8.24. The molecule has 5 rings (SSSR count). The summed E-state index contributed by atoms with van der Waals surface area (Å²) in [5.41, 5.74) is 3.17. The zero-order valence-corrected chi connectivity index (χ0v) is 18.4. The SMILES string of the molecule is Cc1cc2c(F)c(Oc3ncnn4cc(OCCCC5CCCNC5)c(C)c34)ccc2[nH]1. The summed E-state index contributed by atoms with van der Waals surface area (Å²) in [7, 11) is 0. The summed E-state index contributed by atoms with van der Waals surface area (Å²) in [5.74, 6) is 1.49. The molecule has 1 aliphatic rings. The van der Waals surface area contributed by atoms with E-state index in [0.29, 0.717) is 23.4 Å². The van der Waals surface area contributed by atoms with Crippen molar-refractivity contribution in [3.05, 3.63) is 47.8 Å². The molecule has 1 aliphatic heterocycles. The van der Waals surface area contributed by atoms with Gasteiger partial charge in [-0.25, -0.2) is 8.91 Å². The van der Waals surface area contributed by atoms with Crippen LogP contribution in [0.4, 0.5) is 4.39 Å². The first kappa shape index (κ1) is 20.8. The van der Waals surface area contributed by atoms with Gasteiger partial charge in [-0.1, -0.05) is 0 Å². The summed E-state index contributed by atoms with van der Waals surface area (Å²) in [6, 6.07) is 5.19. The van der Waals surface area contributed by atoms with Gasteiger partial charge in [0.05, 0.1) is 12.8 Å². The van der Waals surface area contributed by atoms with Gasteiger partial charge in [-0.3, -0.25) is 0 Å². The van der Waals surface area contributed by atoms with Gasteiger partial charge in [0.2, 0.25) is 5.88 Å². The van der Waals surface area contributed by atoms with Crippen LogP contribution >= 0.6 is 0 Å². The number of aromatic amines is 1. The van der Waals surface area contributed by atoms with E-state index >= 15 is 4.39 Å². The molecular weight excluding hydrogens is 409 g/mol. The highest BCUT2D eigenvalue weighted by atomic mass is 19.1. The van der Waals surface area contributed by atoms with Gasteiger partial charge in [0.25, 0.3) is 0 Å². The van der Waals surface area contributed by atoms with Crippen LogP contribution in [0, 0.1) is 25.6 Å². The number of rotatable bonds is 7. The molecule has 0 amide bonds. The number of hydrogen-bond acceptors (Lipinski definition) is 5. The van der Waals surface area contributed by atoms with Crippen molar-refractivity contribution in [1.82, 2.24) is 24.9 Å². The Morgan fingerprint density at radius 1 is 1.25 bits per heavy atom. The van der Waals surface area contributed by atoms with E-state index in [1.807, 2.05) is 20.0 Å². The third kappa shape index (κ3) is 4.02. The van der Waals surface area contributed by atoms with E-state index in [4.69, 9.17) is 9.47 Å². The Kier molecular flexibility index (Phi) is 5.70. The molecule has 1 aromatic carbocycles. The minimum absolute atomic E-state index is 0.126. The molecular formula is C24H28FN5O2. The Bertz CT molecular complexity index is 1240. The Morgan fingerprint density at radius 2 is 2.16 bits per heavy atom. The fourth-order valence-electron chi connectivity index (χ4n) is 4.52. The van der Waals surface area contributed by atoms with E-state index < -0.39 is 5.82 Å². The maximum Gasteiger partial charge on any atom is 0.247 e. The van der Waals surface area contributed by atoms with Crippen molar-refractivity contribution in [2.75, 3.05) is 19.7 Å². The van der Waals surface area contributed by atoms with Gasteiger partial charge < -0.3 is 19.8 Å². The van der Waals surface area contributed by atoms with Gasteiger partial charge in [-0.05, 0) is 76.7 Å². The first-order chi connectivity index (χ1) is 15.6. The molecule has 1 saturated heterocycles. The average Bonchev–Trinajstić information content (AvgIpc) is 3.34. The summed E-state index contributed by atoms with van der Waals surface area (Å²) >= 11 is 0. The van der Waals surface area contributed by atoms with Gasteiger partial charge in [0, 0.05) is 22.2 Å². The summed E-state index contributed by atoms with van der Waals surface area (Å²) in [6.45, 7) is 6.73. The largest absolute Gasteiger partial charge is 0.492 e. The van der Waals surface area contributed by atoms with Crippen LogP contribution < -0.4 is 14.8 Å². The second-order valence-corrected chi connectivity index (χ2v) is 8.57. The lowest BCUT2D eigenvalue weighted by Gasteiger charge is -2.22. The van der Waals surface area contributed by atoms with Crippen molar-refractivity contribution in [1.29, 1.82) is 0 Å². The highest BCUT2D eigenvalue weighted by Gasteiger charge is 2.18. The van der Waals surface area contributed by atoms with Crippen LogP contribution in [0.2, 0.25) is 0 Å². The number of nitrogens with zero attached hydrogens (tertiary/aromatic N) is 3. The number of fused-ring (bicyclic) bond motifs is 2. The lowest BCUT2D eigenvalue weighted by atomic mass is 9.95. The Morgan fingerprint density at radius 3 is 3.00 bits per heavy atom. The smallest absolute Gasteiger partial charge is 0.247 e. The molecule has 0 saturated carbocycles. The number of piperidine rings is 1. The Hall–Kier alpha value is -3.13. The lowest BCUT2D eigenvalue weighted by molar-refractivity contribution is 0.274. The molecule has 3 aromatic heterocycles. The molecule has 0 aliphatic carbocycles. The number of benzene rings is 1. The molecule has 4 heterocycles. The quantitative estimate of drug-likeness (QED) is 0.402. The molecule has 0 radical (unpaired) electrons. The van der Waals surface area contributed by atoms with Crippen molar-refractivity contribution in [2.24, 2.45) is 5.92 Å². The minimum Gasteiger partial charge on any atom is -0.492 e. The maximum atomic E-state index is 15.0. The van der Waals surface area contributed by atoms with Gasteiger partial charge >= 0.3 is 0 Å². The van der Waals surface area contributed by atoms with E-state index in [2.05, 4.69) is 20.4 Å². The molecule has 1 unspecified atom stereocenters. The molecule has 168 valence electrons. The first-order valence-electron chi connectivity index (χ1n) is 11.2. The molecule has 2 N–H and O–H groups in total. The van der Waals surface area contributed by atoms with Crippen molar-refractivity contribution >= 4 is 16.4 Å². The number of aryl methyl sites for hydroxylation is 2. The number of hydrogen-bond donors (Lipinski definition) is 2. The third-order valence-corrected chi connectivity index (χ3v) is 6.20. The van der Waals surface area contributed by atoms with Crippen LogP contribution in [0.15, 0.2) is 30.7 Å². The van der Waals surface area contributed by atoms with Crippen molar-refractivity contribution in [2.45, 2.75) is 39.5 Å². The van der Waals surface area contributed by atoms with Gasteiger partial charge in [0.1, 0.15) is 17.6 Å². The topological polar surface area (TPSA) is 76.5 Å². The first-order valence-corrected chi connectivity index (χ1v) is 11.2. The number of H-pyrrole nitrogens is 1. The van der Waals surface area contributed by atoms with E-state index in [1.165, 1.54) is 19.2 Å². The normalized spacial score (nSPS) is 16.7. The highest BCUT2D eigenvalue weighted by molar-refractivity contribution is 5.83. The molecule has 8 heteroatoms. The lowest BCUT2D eigenvalue weighted by Crippen LogP contribution is -2.29. The van der Waals surface area contributed by atoms with E-state index in [9.17, 15) is 0 Å². The maximum absolute atomic E-state index is 15.0. The van der Waals surface area contributed by atoms with Crippen molar-refractivity contribution in [3.63, 3.8) is 0 Å². The second kappa shape index (κ2) is 8.78. The minimum atomic E-state index is -0.415. The predicted octanol–water partition coefficient (Wildman–Crippen LogP) is 4.92. The van der Waals surface area contributed by atoms with E-state index in [0.717, 1.165) is 54.4 Å². The summed E-state index contributed by atoms with van der Waals surface area (Å²) in [4.78, 5) is 7.40. The summed E-state index contributed by atoms with van der Waals surface area (Å²) < 4.78 is 28.7. The molecule has 0 spiro atoms. The molecule has 7 nitrogen and oxygen atoms in total. The van der Waals surface area contributed by atoms with Crippen LogP contribution in [0.5, 0.6) is 17.4 Å². The van der Waals surface area contributed by atoms with Crippen LogP contribution in [0.3, 0.4) is 0 Å². The van der Waals surface area contributed by atoms with Gasteiger partial charge in [0.15, 0.2) is 11.6 Å². The molecule has 4 aromatic rings. The molecule has 0 bridgehead atoms. The molecule has 1 atom stereocenters. The van der Waals surface area contributed by atoms with Crippen LogP contribution in [0.1, 0.15) is 36.9 Å². The zero-order valence-electron chi connectivity index (χ0n) is 18.4. The van der Waals surface area contributed by atoms with Crippen LogP contribution in [-0.4, -0.2) is 39.3 Å². The van der Waals surface area contributed by atoms with Gasteiger partial charge in [-0.2, -0.15) is 10.1 Å². The average molecular weight is 438 g/mol. The zero-order chi connectivity index (χ0) is 22.1.